The van der Waals surface area contributed by atoms with Crippen LogP contribution in [-0.4, -0.2) is 24.5 Å². The minimum Gasteiger partial charge on any atom is -0.352 e. The van der Waals surface area contributed by atoms with Crippen LogP contribution in [0.3, 0.4) is 0 Å². The fraction of sp³-hybridized carbons (Fsp3) is 0.263. The lowest BCUT2D eigenvalue weighted by molar-refractivity contribution is 0.0954. The highest BCUT2D eigenvalue weighted by Gasteiger charge is 2.07. The molecule has 0 aliphatic carbocycles. The van der Waals surface area contributed by atoms with Crippen LogP contribution in [-0.2, 0) is 6.42 Å². The standard InChI is InChI=1S/C19H21F2N3O2/c1-12(2)23-19(26)24-17-5-3-14(4-6-17)18(25)22-8-7-13-9-15(20)11-16(21)10-13/h3-6,9-12H,7-8H2,1-2H3,(H,22,25)(H2,23,24,26). The molecule has 2 aromatic rings. The molecule has 5 nitrogen and oxygen atoms in total. The summed E-state index contributed by atoms with van der Waals surface area (Å²) in [5.41, 5.74) is 1.46. The van der Waals surface area contributed by atoms with Gasteiger partial charge in [0.15, 0.2) is 0 Å². The van der Waals surface area contributed by atoms with Crippen molar-refractivity contribution in [2.75, 3.05) is 11.9 Å². The molecule has 0 radical (unpaired) electrons. The van der Waals surface area contributed by atoms with Crippen LogP contribution in [0.5, 0.6) is 0 Å². The molecular weight excluding hydrogens is 340 g/mol. The van der Waals surface area contributed by atoms with Gasteiger partial charge in [0.25, 0.3) is 5.91 Å². The highest BCUT2D eigenvalue weighted by atomic mass is 19.1. The van der Waals surface area contributed by atoms with Crippen molar-refractivity contribution >= 4 is 17.6 Å². The zero-order chi connectivity index (χ0) is 19.1. The van der Waals surface area contributed by atoms with E-state index < -0.39 is 11.6 Å². The van der Waals surface area contributed by atoms with Gasteiger partial charge in [-0.1, -0.05) is 0 Å². The van der Waals surface area contributed by atoms with Crippen molar-refractivity contribution in [3.8, 4) is 0 Å². The topological polar surface area (TPSA) is 70.2 Å². The summed E-state index contributed by atoms with van der Waals surface area (Å²) in [6.45, 7) is 3.95. The van der Waals surface area contributed by atoms with Crippen molar-refractivity contribution in [1.29, 1.82) is 0 Å². The molecule has 0 aliphatic heterocycles. The van der Waals surface area contributed by atoms with E-state index in [4.69, 9.17) is 0 Å². The van der Waals surface area contributed by atoms with E-state index in [1.54, 1.807) is 24.3 Å². The second-order valence-electron chi connectivity index (χ2n) is 6.11. The van der Waals surface area contributed by atoms with Crippen molar-refractivity contribution in [3.63, 3.8) is 0 Å². The molecular formula is C19H21F2N3O2. The molecule has 0 unspecified atom stereocenters. The van der Waals surface area contributed by atoms with Crippen molar-refractivity contribution < 1.29 is 18.4 Å². The van der Waals surface area contributed by atoms with Gasteiger partial charge in [0, 0.05) is 29.9 Å². The van der Waals surface area contributed by atoms with Crippen LogP contribution < -0.4 is 16.0 Å². The lowest BCUT2D eigenvalue weighted by atomic mass is 10.1. The van der Waals surface area contributed by atoms with E-state index in [1.165, 1.54) is 12.1 Å². The number of amides is 3. The number of carbonyl (C=O) groups is 2. The molecule has 2 rings (SSSR count). The van der Waals surface area contributed by atoms with Gasteiger partial charge in [-0.25, -0.2) is 13.6 Å². The van der Waals surface area contributed by atoms with Gasteiger partial charge in [-0.15, -0.1) is 0 Å². The normalized spacial score (nSPS) is 10.5. The number of rotatable bonds is 6. The number of hydrogen-bond donors (Lipinski definition) is 3. The number of hydrogen-bond acceptors (Lipinski definition) is 2. The highest BCUT2D eigenvalue weighted by Crippen LogP contribution is 2.10. The molecule has 0 heterocycles. The average Bonchev–Trinajstić information content (AvgIpc) is 2.53. The first-order valence-corrected chi connectivity index (χ1v) is 8.24. The van der Waals surface area contributed by atoms with Crippen LogP contribution in [0, 0.1) is 11.6 Å². The molecule has 3 N–H and O–H groups in total. The second-order valence-corrected chi connectivity index (χ2v) is 6.11. The van der Waals surface area contributed by atoms with E-state index in [1.807, 2.05) is 13.8 Å². The van der Waals surface area contributed by atoms with Crippen LogP contribution in [0.2, 0.25) is 0 Å². The molecule has 138 valence electrons. The lowest BCUT2D eigenvalue weighted by Gasteiger charge is -2.10. The van der Waals surface area contributed by atoms with E-state index in [2.05, 4.69) is 16.0 Å². The maximum absolute atomic E-state index is 13.1. The van der Waals surface area contributed by atoms with Gasteiger partial charge < -0.3 is 16.0 Å². The third-order valence-corrected chi connectivity index (χ3v) is 3.45. The van der Waals surface area contributed by atoms with Crippen LogP contribution in [0.4, 0.5) is 19.3 Å². The first-order chi connectivity index (χ1) is 12.3. The number of anilines is 1. The van der Waals surface area contributed by atoms with Gasteiger partial charge in [-0.2, -0.15) is 0 Å². The molecule has 26 heavy (non-hydrogen) atoms. The summed E-state index contributed by atoms with van der Waals surface area (Å²) < 4.78 is 26.2. The molecule has 0 saturated heterocycles. The Morgan fingerprint density at radius 1 is 1.00 bits per heavy atom. The lowest BCUT2D eigenvalue weighted by Crippen LogP contribution is -2.34. The van der Waals surface area contributed by atoms with Gasteiger partial charge >= 0.3 is 6.03 Å². The SMILES string of the molecule is CC(C)NC(=O)Nc1ccc(C(=O)NCCc2cc(F)cc(F)c2)cc1. The molecule has 0 fully saturated rings. The van der Waals surface area contributed by atoms with E-state index in [0.29, 0.717) is 23.2 Å². The number of benzene rings is 2. The van der Waals surface area contributed by atoms with Gasteiger partial charge in [0.1, 0.15) is 11.6 Å². The minimum absolute atomic E-state index is 0.0200. The van der Waals surface area contributed by atoms with Gasteiger partial charge in [-0.3, -0.25) is 4.79 Å². The Morgan fingerprint density at radius 3 is 2.19 bits per heavy atom. The molecule has 0 aromatic heterocycles. The second kappa shape index (κ2) is 8.94. The third-order valence-electron chi connectivity index (χ3n) is 3.45. The monoisotopic (exact) mass is 361 g/mol. The first kappa shape index (κ1) is 19.4. The number of carbonyl (C=O) groups excluding carboxylic acids is 2. The predicted molar refractivity (Wildman–Crippen MR) is 96.1 cm³/mol. The summed E-state index contributed by atoms with van der Waals surface area (Å²) in [7, 11) is 0. The fourth-order valence-corrected chi connectivity index (χ4v) is 2.31. The van der Waals surface area contributed by atoms with E-state index >= 15 is 0 Å². The Balaban J connectivity index is 1.84. The molecule has 0 atom stereocenters. The first-order valence-electron chi connectivity index (χ1n) is 8.24. The summed E-state index contributed by atoms with van der Waals surface area (Å²) in [5, 5.41) is 8.05. The summed E-state index contributed by atoms with van der Waals surface area (Å²) in [5.74, 6) is -1.59. The van der Waals surface area contributed by atoms with Crippen molar-refractivity contribution in [2.45, 2.75) is 26.3 Å². The van der Waals surface area contributed by atoms with Crippen LogP contribution >= 0.6 is 0 Å². The van der Waals surface area contributed by atoms with Crippen LogP contribution in [0.15, 0.2) is 42.5 Å². The summed E-state index contributed by atoms with van der Waals surface area (Å²) in [6.07, 6.45) is 0.315. The van der Waals surface area contributed by atoms with Crippen molar-refractivity contribution in [1.82, 2.24) is 10.6 Å². The van der Waals surface area contributed by atoms with Crippen molar-refractivity contribution in [3.05, 3.63) is 65.2 Å². The molecule has 0 spiro atoms. The zero-order valence-electron chi connectivity index (χ0n) is 14.6. The number of halogens is 2. The van der Waals surface area contributed by atoms with E-state index in [-0.39, 0.29) is 24.5 Å². The molecule has 7 heteroatoms. The Labute approximate surface area is 150 Å². The van der Waals surface area contributed by atoms with Crippen LogP contribution in [0.1, 0.15) is 29.8 Å². The maximum atomic E-state index is 13.1. The zero-order valence-corrected chi connectivity index (χ0v) is 14.6. The van der Waals surface area contributed by atoms with E-state index in [0.717, 1.165) is 6.07 Å². The summed E-state index contributed by atoms with van der Waals surface area (Å²) in [6, 6.07) is 9.39. The summed E-state index contributed by atoms with van der Waals surface area (Å²) in [4.78, 5) is 23.7. The Hall–Kier alpha value is -2.96. The minimum atomic E-state index is -0.643. The van der Waals surface area contributed by atoms with Crippen molar-refractivity contribution in [2.24, 2.45) is 0 Å². The predicted octanol–water partition coefficient (Wildman–Crippen LogP) is 3.47. The maximum Gasteiger partial charge on any atom is 0.319 e. The molecule has 0 saturated carbocycles. The highest BCUT2D eigenvalue weighted by molar-refractivity contribution is 5.95. The largest absolute Gasteiger partial charge is 0.352 e. The smallest absolute Gasteiger partial charge is 0.319 e. The summed E-state index contributed by atoms with van der Waals surface area (Å²) >= 11 is 0. The quantitative estimate of drug-likeness (QED) is 0.737. The van der Waals surface area contributed by atoms with Crippen LogP contribution in [0.25, 0.3) is 0 Å². The third kappa shape index (κ3) is 6.16. The number of urea groups is 1. The van der Waals surface area contributed by atoms with Gasteiger partial charge in [0.2, 0.25) is 0 Å². The fourth-order valence-electron chi connectivity index (χ4n) is 2.31. The number of nitrogens with one attached hydrogen (secondary N) is 3. The molecule has 3 amide bonds. The Kier molecular flexibility index (Phi) is 6.66. The molecule has 0 bridgehead atoms. The van der Waals surface area contributed by atoms with Gasteiger partial charge in [-0.05, 0) is 62.2 Å². The van der Waals surface area contributed by atoms with E-state index in [9.17, 15) is 18.4 Å². The molecule has 0 aliphatic rings. The van der Waals surface area contributed by atoms with Gasteiger partial charge in [0.05, 0.1) is 0 Å². The molecule has 2 aromatic carbocycles. The average molecular weight is 361 g/mol. The Bertz CT molecular complexity index is 757. The Morgan fingerprint density at radius 2 is 1.62 bits per heavy atom.